The molecule has 1 unspecified atom stereocenters. The Hall–Kier alpha value is -2.69. The van der Waals surface area contributed by atoms with Crippen LogP contribution < -0.4 is 14.4 Å². The zero-order valence-corrected chi connectivity index (χ0v) is 14.7. The zero-order chi connectivity index (χ0) is 17.6. The Morgan fingerprint density at radius 3 is 2.16 bits per heavy atom. The largest absolute Gasteiger partial charge is 0.493 e. The summed E-state index contributed by atoms with van der Waals surface area (Å²) in [7, 11) is 1.59. The van der Waals surface area contributed by atoms with E-state index in [1.807, 2.05) is 47.4 Å². The van der Waals surface area contributed by atoms with Gasteiger partial charge in [0.05, 0.1) is 7.11 Å². The Balaban J connectivity index is 1.57. The summed E-state index contributed by atoms with van der Waals surface area (Å²) in [6.07, 6.45) is -0.542. The summed E-state index contributed by atoms with van der Waals surface area (Å²) < 4.78 is 11.1. The second-order valence-corrected chi connectivity index (χ2v) is 6.06. The molecule has 0 aromatic heterocycles. The summed E-state index contributed by atoms with van der Waals surface area (Å²) in [5, 5.41) is 0. The molecule has 1 aliphatic rings. The summed E-state index contributed by atoms with van der Waals surface area (Å²) >= 11 is 0. The standard InChI is InChI=1S/C20H24N2O3/c1-16(25-19-11-7-6-10-18(19)24-2)20(23)22-14-12-21(13-15-22)17-8-4-3-5-9-17/h3-11,16H,12-15H2,1-2H3. The Kier molecular flexibility index (Phi) is 5.43. The number of hydrogen-bond donors (Lipinski definition) is 0. The molecule has 1 aliphatic heterocycles. The van der Waals surface area contributed by atoms with Crippen LogP contribution in [-0.2, 0) is 4.79 Å². The summed E-state index contributed by atoms with van der Waals surface area (Å²) in [6, 6.07) is 17.7. The minimum Gasteiger partial charge on any atom is -0.493 e. The molecule has 2 aromatic carbocycles. The highest BCUT2D eigenvalue weighted by Crippen LogP contribution is 2.27. The quantitative estimate of drug-likeness (QED) is 0.839. The van der Waals surface area contributed by atoms with Gasteiger partial charge < -0.3 is 19.3 Å². The zero-order valence-electron chi connectivity index (χ0n) is 14.7. The van der Waals surface area contributed by atoms with Crippen LogP contribution in [0.5, 0.6) is 11.5 Å². The molecule has 0 spiro atoms. The lowest BCUT2D eigenvalue weighted by Crippen LogP contribution is -2.52. The fourth-order valence-corrected chi connectivity index (χ4v) is 3.04. The Bertz CT molecular complexity index is 697. The molecule has 5 nitrogen and oxygen atoms in total. The number of rotatable bonds is 5. The molecule has 1 saturated heterocycles. The molecule has 3 rings (SSSR count). The van der Waals surface area contributed by atoms with Gasteiger partial charge in [0.15, 0.2) is 17.6 Å². The van der Waals surface area contributed by atoms with Crippen molar-refractivity contribution in [3.8, 4) is 11.5 Å². The number of nitrogens with zero attached hydrogens (tertiary/aromatic N) is 2. The van der Waals surface area contributed by atoms with Crippen LogP contribution in [0.4, 0.5) is 5.69 Å². The molecule has 0 radical (unpaired) electrons. The number of benzene rings is 2. The number of amides is 1. The number of carbonyl (C=O) groups excluding carboxylic acids is 1. The molecule has 0 bridgehead atoms. The number of para-hydroxylation sites is 3. The maximum absolute atomic E-state index is 12.7. The molecule has 132 valence electrons. The van der Waals surface area contributed by atoms with Gasteiger partial charge >= 0.3 is 0 Å². The van der Waals surface area contributed by atoms with Gasteiger partial charge in [-0.3, -0.25) is 4.79 Å². The highest BCUT2D eigenvalue weighted by atomic mass is 16.5. The Morgan fingerprint density at radius 1 is 0.920 bits per heavy atom. The molecular formula is C20H24N2O3. The van der Waals surface area contributed by atoms with Crippen molar-refractivity contribution in [2.75, 3.05) is 38.2 Å². The lowest BCUT2D eigenvalue weighted by atomic mass is 10.2. The summed E-state index contributed by atoms with van der Waals surface area (Å²) in [4.78, 5) is 16.9. The first-order valence-corrected chi connectivity index (χ1v) is 8.57. The van der Waals surface area contributed by atoms with Gasteiger partial charge in [-0.05, 0) is 31.2 Å². The fraction of sp³-hybridized carbons (Fsp3) is 0.350. The smallest absolute Gasteiger partial charge is 0.263 e. The van der Waals surface area contributed by atoms with E-state index in [9.17, 15) is 4.79 Å². The van der Waals surface area contributed by atoms with Gasteiger partial charge in [-0.25, -0.2) is 0 Å². The van der Waals surface area contributed by atoms with Gasteiger partial charge in [0.2, 0.25) is 0 Å². The third kappa shape index (κ3) is 4.05. The normalized spacial score (nSPS) is 15.6. The molecular weight excluding hydrogens is 316 g/mol. The molecule has 5 heteroatoms. The van der Waals surface area contributed by atoms with Crippen LogP contribution in [-0.4, -0.2) is 50.2 Å². The predicted molar refractivity (Wildman–Crippen MR) is 98.3 cm³/mol. The van der Waals surface area contributed by atoms with E-state index in [4.69, 9.17) is 9.47 Å². The van der Waals surface area contributed by atoms with E-state index in [1.54, 1.807) is 14.0 Å². The minimum absolute atomic E-state index is 0.0126. The minimum atomic E-state index is -0.542. The Labute approximate surface area is 148 Å². The summed E-state index contributed by atoms with van der Waals surface area (Å²) in [5.41, 5.74) is 1.20. The van der Waals surface area contributed by atoms with E-state index < -0.39 is 6.10 Å². The molecule has 0 N–H and O–H groups in total. The van der Waals surface area contributed by atoms with Crippen molar-refractivity contribution in [1.82, 2.24) is 4.90 Å². The average Bonchev–Trinajstić information content (AvgIpc) is 2.68. The molecule has 0 saturated carbocycles. The number of carbonyl (C=O) groups is 1. The third-order valence-corrected chi connectivity index (χ3v) is 4.43. The first-order valence-electron chi connectivity index (χ1n) is 8.57. The fourth-order valence-electron chi connectivity index (χ4n) is 3.04. The number of hydrogen-bond acceptors (Lipinski definition) is 4. The van der Waals surface area contributed by atoms with Crippen LogP contribution in [0.2, 0.25) is 0 Å². The van der Waals surface area contributed by atoms with Crippen LogP contribution >= 0.6 is 0 Å². The van der Waals surface area contributed by atoms with E-state index in [-0.39, 0.29) is 5.91 Å². The van der Waals surface area contributed by atoms with Crippen molar-refractivity contribution in [2.45, 2.75) is 13.0 Å². The SMILES string of the molecule is COc1ccccc1OC(C)C(=O)N1CCN(c2ccccc2)CC1. The van der Waals surface area contributed by atoms with Crippen molar-refractivity contribution >= 4 is 11.6 Å². The van der Waals surface area contributed by atoms with Crippen molar-refractivity contribution in [2.24, 2.45) is 0 Å². The second-order valence-electron chi connectivity index (χ2n) is 6.06. The number of ether oxygens (including phenoxy) is 2. The monoisotopic (exact) mass is 340 g/mol. The van der Waals surface area contributed by atoms with E-state index >= 15 is 0 Å². The van der Waals surface area contributed by atoms with Crippen LogP contribution in [0.1, 0.15) is 6.92 Å². The number of piperazine rings is 1. The first-order chi connectivity index (χ1) is 12.2. The van der Waals surface area contributed by atoms with Gasteiger partial charge in [-0.15, -0.1) is 0 Å². The molecule has 1 atom stereocenters. The Morgan fingerprint density at radius 2 is 1.52 bits per heavy atom. The average molecular weight is 340 g/mol. The maximum atomic E-state index is 12.7. The van der Waals surface area contributed by atoms with E-state index in [0.29, 0.717) is 24.6 Å². The van der Waals surface area contributed by atoms with Gasteiger partial charge in [0.1, 0.15) is 0 Å². The van der Waals surface area contributed by atoms with E-state index in [1.165, 1.54) is 5.69 Å². The molecule has 2 aromatic rings. The third-order valence-electron chi connectivity index (χ3n) is 4.43. The van der Waals surface area contributed by atoms with Crippen LogP contribution in [0.25, 0.3) is 0 Å². The first kappa shape index (κ1) is 17.1. The highest BCUT2D eigenvalue weighted by molar-refractivity contribution is 5.81. The predicted octanol–water partition coefficient (Wildman–Crippen LogP) is 2.81. The van der Waals surface area contributed by atoms with E-state index in [2.05, 4.69) is 17.0 Å². The number of methoxy groups -OCH3 is 1. The van der Waals surface area contributed by atoms with Gasteiger partial charge in [-0.1, -0.05) is 30.3 Å². The maximum Gasteiger partial charge on any atom is 0.263 e. The summed E-state index contributed by atoms with van der Waals surface area (Å²) in [5.74, 6) is 1.24. The van der Waals surface area contributed by atoms with E-state index in [0.717, 1.165) is 13.1 Å². The molecule has 1 amide bonds. The molecule has 25 heavy (non-hydrogen) atoms. The lowest BCUT2D eigenvalue weighted by Gasteiger charge is -2.37. The molecule has 1 heterocycles. The summed E-state index contributed by atoms with van der Waals surface area (Å²) in [6.45, 7) is 4.85. The topological polar surface area (TPSA) is 42.0 Å². The van der Waals surface area contributed by atoms with Crippen molar-refractivity contribution in [3.05, 3.63) is 54.6 Å². The highest BCUT2D eigenvalue weighted by Gasteiger charge is 2.26. The van der Waals surface area contributed by atoms with Crippen molar-refractivity contribution < 1.29 is 14.3 Å². The van der Waals surface area contributed by atoms with Crippen LogP contribution in [0, 0.1) is 0 Å². The molecule has 1 fully saturated rings. The van der Waals surface area contributed by atoms with Gasteiger partial charge in [0, 0.05) is 31.9 Å². The van der Waals surface area contributed by atoms with Crippen LogP contribution in [0.3, 0.4) is 0 Å². The lowest BCUT2D eigenvalue weighted by molar-refractivity contribution is -0.138. The number of anilines is 1. The van der Waals surface area contributed by atoms with Crippen LogP contribution in [0.15, 0.2) is 54.6 Å². The second kappa shape index (κ2) is 7.92. The molecule has 0 aliphatic carbocycles. The van der Waals surface area contributed by atoms with Crippen molar-refractivity contribution in [3.63, 3.8) is 0 Å². The van der Waals surface area contributed by atoms with Gasteiger partial charge in [-0.2, -0.15) is 0 Å². The van der Waals surface area contributed by atoms with Crippen molar-refractivity contribution in [1.29, 1.82) is 0 Å². The van der Waals surface area contributed by atoms with Gasteiger partial charge in [0.25, 0.3) is 5.91 Å².